The fourth-order valence-electron chi connectivity index (χ4n) is 3.32. The lowest BCUT2D eigenvalue weighted by molar-refractivity contribution is -0.0444. The predicted molar refractivity (Wildman–Crippen MR) is 64.4 cm³/mol. The van der Waals surface area contributed by atoms with Crippen LogP contribution < -0.4 is 5.32 Å². The SMILES string of the molecule is CC1CC(NC2CCCC2CO)CC(C)O1. The summed E-state index contributed by atoms with van der Waals surface area (Å²) >= 11 is 0. The minimum Gasteiger partial charge on any atom is -0.396 e. The summed E-state index contributed by atoms with van der Waals surface area (Å²) in [4.78, 5) is 0. The number of aliphatic hydroxyl groups is 1. The Hall–Kier alpha value is -0.120. The first kappa shape index (κ1) is 12.3. The second-order valence-electron chi connectivity index (χ2n) is 5.57. The van der Waals surface area contributed by atoms with Gasteiger partial charge in [0.1, 0.15) is 0 Å². The normalized spacial score (nSPS) is 44.8. The predicted octanol–water partition coefficient (Wildman–Crippen LogP) is 1.69. The molecule has 0 aromatic rings. The Bertz CT molecular complexity index is 212. The van der Waals surface area contributed by atoms with Gasteiger partial charge < -0.3 is 15.2 Å². The zero-order chi connectivity index (χ0) is 11.5. The van der Waals surface area contributed by atoms with Crippen molar-refractivity contribution in [2.24, 2.45) is 5.92 Å². The van der Waals surface area contributed by atoms with Gasteiger partial charge in [-0.1, -0.05) is 6.42 Å². The van der Waals surface area contributed by atoms with Crippen molar-refractivity contribution in [1.82, 2.24) is 5.32 Å². The molecule has 0 bridgehead atoms. The highest BCUT2D eigenvalue weighted by atomic mass is 16.5. The first-order valence-corrected chi connectivity index (χ1v) is 6.71. The molecule has 2 rings (SSSR count). The first-order chi connectivity index (χ1) is 7.69. The second kappa shape index (κ2) is 5.48. The zero-order valence-electron chi connectivity index (χ0n) is 10.5. The van der Waals surface area contributed by atoms with Crippen LogP contribution in [0, 0.1) is 5.92 Å². The maximum absolute atomic E-state index is 9.31. The molecule has 0 spiro atoms. The molecule has 4 unspecified atom stereocenters. The Kier molecular flexibility index (Phi) is 4.22. The molecule has 0 radical (unpaired) electrons. The Morgan fingerprint density at radius 1 is 1.19 bits per heavy atom. The number of rotatable bonds is 3. The van der Waals surface area contributed by atoms with Gasteiger partial charge in [-0.05, 0) is 45.4 Å². The standard InChI is InChI=1S/C13H25NO2/c1-9-6-12(7-10(2)16-9)14-13-5-3-4-11(13)8-15/h9-15H,3-8H2,1-2H3. The summed E-state index contributed by atoms with van der Waals surface area (Å²) in [5.41, 5.74) is 0. The largest absolute Gasteiger partial charge is 0.396 e. The summed E-state index contributed by atoms with van der Waals surface area (Å²) in [6, 6.07) is 1.11. The van der Waals surface area contributed by atoms with Crippen molar-refractivity contribution >= 4 is 0 Å². The topological polar surface area (TPSA) is 41.5 Å². The Morgan fingerprint density at radius 3 is 2.50 bits per heavy atom. The van der Waals surface area contributed by atoms with Crippen LogP contribution in [0.5, 0.6) is 0 Å². The van der Waals surface area contributed by atoms with Gasteiger partial charge in [0.2, 0.25) is 0 Å². The van der Waals surface area contributed by atoms with Crippen LogP contribution in [0.15, 0.2) is 0 Å². The van der Waals surface area contributed by atoms with Crippen LogP contribution in [0.1, 0.15) is 46.0 Å². The van der Waals surface area contributed by atoms with E-state index in [0.29, 0.717) is 36.8 Å². The lowest BCUT2D eigenvalue weighted by Crippen LogP contribution is -2.47. The van der Waals surface area contributed by atoms with Gasteiger partial charge in [-0.25, -0.2) is 0 Å². The quantitative estimate of drug-likeness (QED) is 0.771. The van der Waals surface area contributed by atoms with E-state index in [-0.39, 0.29) is 0 Å². The van der Waals surface area contributed by atoms with E-state index in [4.69, 9.17) is 4.74 Å². The molecule has 1 heterocycles. The van der Waals surface area contributed by atoms with E-state index < -0.39 is 0 Å². The van der Waals surface area contributed by atoms with Crippen LogP contribution in [0.3, 0.4) is 0 Å². The highest BCUT2D eigenvalue weighted by molar-refractivity contribution is 4.88. The molecule has 2 aliphatic rings. The average molecular weight is 227 g/mol. The molecule has 3 nitrogen and oxygen atoms in total. The molecule has 0 aromatic heterocycles. The van der Waals surface area contributed by atoms with Crippen molar-refractivity contribution in [3.8, 4) is 0 Å². The van der Waals surface area contributed by atoms with Crippen molar-refractivity contribution in [3.63, 3.8) is 0 Å². The second-order valence-corrected chi connectivity index (χ2v) is 5.57. The van der Waals surface area contributed by atoms with E-state index in [1.54, 1.807) is 0 Å². The molecule has 1 aliphatic heterocycles. The van der Waals surface area contributed by atoms with Gasteiger partial charge in [0, 0.05) is 18.7 Å². The molecule has 3 heteroatoms. The molecule has 1 saturated heterocycles. The van der Waals surface area contributed by atoms with Gasteiger partial charge in [0.25, 0.3) is 0 Å². The van der Waals surface area contributed by atoms with Gasteiger partial charge in [0.05, 0.1) is 12.2 Å². The van der Waals surface area contributed by atoms with Crippen LogP contribution in [-0.2, 0) is 4.74 Å². The molecule has 0 amide bonds. The van der Waals surface area contributed by atoms with Crippen molar-refractivity contribution < 1.29 is 9.84 Å². The molecule has 1 saturated carbocycles. The Balaban J connectivity index is 1.84. The monoisotopic (exact) mass is 227 g/mol. The molecule has 16 heavy (non-hydrogen) atoms. The van der Waals surface area contributed by atoms with Crippen molar-refractivity contribution in [3.05, 3.63) is 0 Å². The molecular formula is C13H25NO2. The molecule has 2 fully saturated rings. The number of nitrogens with one attached hydrogen (secondary N) is 1. The summed E-state index contributed by atoms with van der Waals surface area (Å²) in [5.74, 6) is 0.480. The van der Waals surface area contributed by atoms with E-state index in [9.17, 15) is 5.11 Å². The number of hydrogen-bond donors (Lipinski definition) is 2. The third-order valence-corrected chi connectivity index (χ3v) is 4.04. The van der Waals surface area contributed by atoms with Gasteiger partial charge in [-0.15, -0.1) is 0 Å². The zero-order valence-corrected chi connectivity index (χ0v) is 10.5. The van der Waals surface area contributed by atoms with E-state index in [1.165, 1.54) is 19.3 Å². The summed E-state index contributed by atoms with van der Waals surface area (Å²) in [7, 11) is 0. The highest BCUT2D eigenvalue weighted by Gasteiger charge is 2.31. The summed E-state index contributed by atoms with van der Waals surface area (Å²) in [6.45, 7) is 4.65. The average Bonchev–Trinajstić information content (AvgIpc) is 2.63. The minimum atomic E-state index is 0.339. The van der Waals surface area contributed by atoms with Gasteiger partial charge in [0.15, 0.2) is 0 Å². The van der Waals surface area contributed by atoms with Crippen molar-refractivity contribution in [2.45, 2.75) is 70.2 Å². The maximum Gasteiger partial charge on any atom is 0.0565 e. The fourth-order valence-corrected chi connectivity index (χ4v) is 3.32. The third-order valence-electron chi connectivity index (χ3n) is 4.04. The Labute approximate surface area is 98.6 Å². The fraction of sp³-hybridized carbons (Fsp3) is 1.00. The van der Waals surface area contributed by atoms with Gasteiger partial charge >= 0.3 is 0 Å². The summed E-state index contributed by atoms with van der Waals surface area (Å²) in [6.07, 6.45) is 6.63. The smallest absolute Gasteiger partial charge is 0.0565 e. The van der Waals surface area contributed by atoms with E-state index in [0.717, 1.165) is 12.8 Å². The molecule has 0 aromatic carbocycles. The minimum absolute atomic E-state index is 0.339. The third kappa shape index (κ3) is 2.96. The highest BCUT2D eigenvalue weighted by Crippen LogP contribution is 2.27. The number of hydrogen-bond acceptors (Lipinski definition) is 3. The lowest BCUT2D eigenvalue weighted by Gasteiger charge is -2.35. The molecule has 94 valence electrons. The summed E-state index contributed by atoms with van der Waals surface area (Å²) in [5, 5.41) is 13.0. The summed E-state index contributed by atoms with van der Waals surface area (Å²) < 4.78 is 5.74. The molecule has 2 N–H and O–H groups in total. The van der Waals surface area contributed by atoms with Gasteiger partial charge in [-0.2, -0.15) is 0 Å². The first-order valence-electron chi connectivity index (χ1n) is 6.71. The van der Waals surface area contributed by atoms with Crippen LogP contribution in [0.25, 0.3) is 0 Å². The van der Waals surface area contributed by atoms with E-state index in [1.807, 2.05) is 0 Å². The van der Waals surface area contributed by atoms with E-state index >= 15 is 0 Å². The Morgan fingerprint density at radius 2 is 1.88 bits per heavy atom. The van der Waals surface area contributed by atoms with Crippen LogP contribution in [-0.4, -0.2) is 36.0 Å². The van der Waals surface area contributed by atoms with E-state index in [2.05, 4.69) is 19.2 Å². The van der Waals surface area contributed by atoms with Crippen LogP contribution >= 0.6 is 0 Å². The lowest BCUT2D eigenvalue weighted by atomic mass is 9.96. The molecular weight excluding hydrogens is 202 g/mol. The molecule has 1 aliphatic carbocycles. The van der Waals surface area contributed by atoms with Gasteiger partial charge in [-0.3, -0.25) is 0 Å². The van der Waals surface area contributed by atoms with Crippen molar-refractivity contribution in [1.29, 1.82) is 0 Å². The van der Waals surface area contributed by atoms with Crippen LogP contribution in [0.2, 0.25) is 0 Å². The maximum atomic E-state index is 9.31. The number of ether oxygens (including phenoxy) is 1. The van der Waals surface area contributed by atoms with Crippen LogP contribution in [0.4, 0.5) is 0 Å². The number of aliphatic hydroxyl groups excluding tert-OH is 1. The van der Waals surface area contributed by atoms with Crippen molar-refractivity contribution in [2.75, 3.05) is 6.61 Å². The molecule has 4 atom stereocenters.